The van der Waals surface area contributed by atoms with Crippen LogP contribution in [0.1, 0.15) is 30.0 Å². The summed E-state index contributed by atoms with van der Waals surface area (Å²) < 4.78 is 0. The Morgan fingerprint density at radius 2 is 1.71 bits per heavy atom. The number of carbonyl (C=O) groups is 1. The topological polar surface area (TPSA) is 40.5 Å². The lowest BCUT2D eigenvalue weighted by molar-refractivity contribution is -0.140. The summed E-state index contributed by atoms with van der Waals surface area (Å²) in [5, 5.41) is 9.07. The Labute approximate surface area is 103 Å². The minimum Gasteiger partial charge on any atom is -0.481 e. The molecule has 1 rings (SSSR count). The van der Waals surface area contributed by atoms with E-state index >= 15 is 0 Å². The van der Waals surface area contributed by atoms with Crippen molar-refractivity contribution < 1.29 is 9.90 Å². The Balaban J connectivity index is 3.26. The highest BCUT2D eigenvalue weighted by atomic mass is 16.4. The third-order valence-electron chi connectivity index (χ3n) is 3.33. The first-order chi connectivity index (χ1) is 7.75. The van der Waals surface area contributed by atoms with Crippen molar-refractivity contribution in [1.29, 1.82) is 0 Å². The highest BCUT2D eigenvalue weighted by Gasteiger charge is 2.32. The van der Waals surface area contributed by atoms with Gasteiger partial charge < -0.3 is 5.11 Å². The molecule has 0 saturated carbocycles. The summed E-state index contributed by atoms with van der Waals surface area (Å²) >= 11 is 0. The average molecular weight is 235 g/mol. The van der Waals surface area contributed by atoms with Crippen LogP contribution in [-0.4, -0.2) is 30.1 Å². The Hall–Kier alpha value is -1.35. The van der Waals surface area contributed by atoms with Gasteiger partial charge >= 0.3 is 5.97 Å². The summed E-state index contributed by atoms with van der Waals surface area (Å²) in [5.41, 5.74) is 2.92. The van der Waals surface area contributed by atoms with Crippen molar-refractivity contribution in [1.82, 2.24) is 4.90 Å². The second-order valence-electron chi connectivity index (χ2n) is 5.12. The lowest BCUT2D eigenvalue weighted by Crippen LogP contribution is -2.40. The van der Waals surface area contributed by atoms with Crippen molar-refractivity contribution in [2.75, 3.05) is 14.1 Å². The van der Waals surface area contributed by atoms with Crippen LogP contribution in [0.4, 0.5) is 0 Å². The lowest BCUT2D eigenvalue weighted by Gasteiger charge is -2.36. The zero-order valence-corrected chi connectivity index (χ0v) is 11.2. The first-order valence-corrected chi connectivity index (χ1v) is 5.73. The molecule has 0 fully saturated rings. The number of aliphatic carboxylic acids is 1. The minimum absolute atomic E-state index is 0.100. The Morgan fingerprint density at radius 3 is 2.06 bits per heavy atom. The third-order valence-corrected chi connectivity index (χ3v) is 3.33. The van der Waals surface area contributed by atoms with Gasteiger partial charge in [-0.3, -0.25) is 9.69 Å². The van der Waals surface area contributed by atoms with Crippen molar-refractivity contribution in [2.24, 2.45) is 0 Å². The van der Waals surface area contributed by atoms with Crippen LogP contribution in [0.5, 0.6) is 0 Å². The molecule has 0 amide bonds. The number of nitrogens with zero attached hydrogens (tertiary/aromatic N) is 1. The molecule has 94 valence electrons. The van der Waals surface area contributed by atoms with Crippen LogP contribution in [0, 0.1) is 13.8 Å². The summed E-state index contributed by atoms with van der Waals surface area (Å²) in [6.45, 7) is 6.04. The molecule has 1 atom stereocenters. The molecule has 0 bridgehead atoms. The molecule has 0 saturated heterocycles. The van der Waals surface area contributed by atoms with E-state index in [1.807, 2.05) is 39.8 Å². The molecule has 1 aromatic carbocycles. The van der Waals surface area contributed by atoms with Crippen LogP contribution in [0.2, 0.25) is 0 Å². The van der Waals surface area contributed by atoms with Gasteiger partial charge in [0.25, 0.3) is 0 Å². The highest BCUT2D eigenvalue weighted by molar-refractivity contribution is 5.69. The first kappa shape index (κ1) is 13.7. The maximum absolute atomic E-state index is 11.0. The number of hydrogen-bond donors (Lipinski definition) is 1. The quantitative estimate of drug-likeness (QED) is 0.872. The number of hydrogen-bond acceptors (Lipinski definition) is 2. The molecule has 0 aliphatic rings. The maximum atomic E-state index is 11.0. The van der Waals surface area contributed by atoms with E-state index < -0.39 is 11.5 Å². The summed E-state index contributed by atoms with van der Waals surface area (Å²) in [4.78, 5) is 13.0. The number of aryl methyl sites for hydroxylation is 2. The fraction of sp³-hybridized carbons (Fsp3) is 0.500. The van der Waals surface area contributed by atoms with E-state index in [4.69, 9.17) is 5.11 Å². The van der Waals surface area contributed by atoms with Crippen LogP contribution in [0.25, 0.3) is 0 Å². The lowest BCUT2D eigenvalue weighted by atomic mass is 9.85. The van der Waals surface area contributed by atoms with Gasteiger partial charge in [0.2, 0.25) is 0 Å². The fourth-order valence-electron chi connectivity index (χ4n) is 2.10. The van der Waals surface area contributed by atoms with Gasteiger partial charge in [-0.05, 0) is 40.4 Å². The molecule has 17 heavy (non-hydrogen) atoms. The average Bonchev–Trinajstić information content (AvgIpc) is 2.14. The molecule has 0 aromatic heterocycles. The van der Waals surface area contributed by atoms with E-state index in [9.17, 15) is 4.79 Å². The molecule has 1 N–H and O–H groups in total. The summed E-state index contributed by atoms with van der Waals surface area (Å²) in [6.07, 6.45) is 0.100. The van der Waals surface area contributed by atoms with Crippen molar-refractivity contribution in [2.45, 2.75) is 32.7 Å². The van der Waals surface area contributed by atoms with Crippen LogP contribution >= 0.6 is 0 Å². The number of carboxylic acid groups (broad SMARTS) is 1. The molecule has 3 nitrogen and oxygen atoms in total. The van der Waals surface area contributed by atoms with Crippen LogP contribution in [0.3, 0.4) is 0 Å². The predicted molar refractivity (Wildman–Crippen MR) is 69.2 cm³/mol. The maximum Gasteiger partial charge on any atom is 0.305 e. The van der Waals surface area contributed by atoms with Crippen LogP contribution in [0.15, 0.2) is 18.2 Å². The zero-order valence-electron chi connectivity index (χ0n) is 11.2. The minimum atomic E-state index is -0.777. The van der Waals surface area contributed by atoms with Gasteiger partial charge in [0.1, 0.15) is 0 Å². The molecular weight excluding hydrogens is 214 g/mol. The van der Waals surface area contributed by atoms with Crippen LogP contribution < -0.4 is 0 Å². The smallest absolute Gasteiger partial charge is 0.305 e. The van der Waals surface area contributed by atoms with Gasteiger partial charge in [0.15, 0.2) is 0 Å². The van der Waals surface area contributed by atoms with Gasteiger partial charge in [0, 0.05) is 0 Å². The van der Waals surface area contributed by atoms with E-state index in [-0.39, 0.29) is 6.42 Å². The van der Waals surface area contributed by atoms with Crippen molar-refractivity contribution >= 4 is 5.97 Å². The second kappa shape index (κ2) is 4.88. The Bertz CT molecular complexity index is 406. The zero-order chi connectivity index (χ0) is 13.2. The summed E-state index contributed by atoms with van der Waals surface area (Å²) in [5.74, 6) is -0.777. The molecule has 0 aliphatic heterocycles. The van der Waals surface area contributed by atoms with Crippen molar-refractivity contribution in [3.05, 3.63) is 34.9 Å². The second-order valence-corrected chi connectivity index (χ2v) is 5.12. The van der Waals surface area contributed by atoms with Gasteiger partial charge in [-0.2, -0.15) is 0 Å². The summed E-state index contributed by atoms with van der Waals surface area (Å²) in [6, 6.07) is 6.23. The fourth-order valence-corrected chi connectivity index (χ4v) is 2.10. The molecular formula is C14H21NO2. The monoisotopic (exact) mass is 235 g/mol. The van der Waals surface area contributed by atoms with E-state index in [1.54, 1.807) is 0 Å². The molecule has 0 radical (unpaired) electrons. The van der Waals surface area contributed by atoms with E-state index in [2.05, 4.69) is 18.2 Å². The van der Waals surface area contributed by atoms with Gasteiger partial charge in [0.05, 0.1) is 12.0 Å². The van der Waals surface area contributed by atoms with E-state index in [0.717, 1.165) is 5.56 Å². The molecule has 0 aliphatic carbocycles. The molecule has 0 spiro atoms. The standard InChI is InChI=1S/C14H21NO2/c1-10-6-11(2)8-12(7-10)14(3,15(4)5)9-13(16)17/h6-8H,9H2,1-5H3,(H,16,17). The van der Waals surface area contributed by atoms with Gasteiger partial charge in [-0.25, -0.2) is 0 Å². The Morgan fingerprint density at radius 1 is 1.24 bits per heavy atom. The van der Waals surface area contributed by atoms with Gasteiger partial charge in [-0.15, -0.1) is 0 Å². The molecule has 0 heterocycles. The molecule has 3 heteroatoms. The highest BCUT2D eigenvalue weighted by Crippen LogP contribution is 2.31. The normalized spacial score (nSPS) is 14.7. The van der Waals surface area contributed by atoms with E-state index in [1.165, 1.54) is 11.1 Å². The third kappa shape index (κ3) is 3.07. The number of carboxylic acids is 1. The number of rotatable bonds is 4. The van der Waals surface area contributed by atoms with Gasteiger partial charge in [-0.1, -0.05) is 29.3 Å². The molecule has 1 unspecified atom stereocenters. The summed E-state index contributed by atoms with van der Waals surface area (Å²) in [7, 11) is 3.83. The predicted octanol–water partition coefficient (Wildman–Crippen LogP) is 2.55. The van der Waals surface area contributed by atoms with E-state index in [0.29, 0.717) is 0 Å². The largest absolute Gasteiger partial charge is 0.481 e. The molecule has 1 aromatic rings. The van der Waals surface area contributed by atoms with Crippen molar-refractivity contribution in [3.63, 3.8) is 0 Å². The van der Waals surface area contributed by atoms with Crippen molar-refractivity contribution in [3.8, 4) is 0 Å². The first-order valence-electron chi connectivity index (χ1n) is 5.73. The van der Waals surface area contributed by atoms with Crippen LogP contribution in [-0.2, 0) is 10.3 Å². The Kier molecular flexibility index (Phi) is 3.94. The number of benzene rings is 1. The SMILES string of the molecule is Cc1cc(C)cc(C(C)(CC(=O)O)N(C)C)c1.